The van der Waals surface area contributed by atoms with Crippen molar-refractivity contribution in [2.24, 2.45) is 0 Å². The van der Waals surface area contributed by atoms with Gasteiger partial charge in [0.1, 0.15) is 0 Å². The molecule has 0 rings (SSSR count). The van der Waals surface area contributed by atoms with E-state index in [4.69, 9.17) is 0 Å². The maximum atomic E-state index is 9.64. The predicted molar refractivity (Wildman–Crippen MR) is 56.8 cm³/mol. The van der Waals surface area contributed by atoms with E-state index in [2.05, 4.69) is 18.5 Å². The molecule has 0 aromatic heterocycles. The second-order valence-electron chi connectivity index (χ2n) is 3.53. The third-order valence-electron chi connectivity index (χ3n) is 2.10. The molecule has 0 aromatic rings. The van der Waals surface area contributed by atoms with Crippen molar-refractivity contribution in [1.29, 1.82) is 0 Å². The van der Waals surface area contributed by atoms with E-state index < -0.39 is 5.60 Å². The molecule has 74 valence electrons. The summed E-state index contributed by atoms with van der Waals surface area (Å²) in [6.45, 7) is 7.70. The molecule has 0 fully saturated rings. The number of hydrogen-bond donors (Lipinski definition) is 2. The van der Waals surface area contributed by atoms with Crippen LogP contribution in [0.1, 0.15) is 27.2 Å². The molecule has 0 saturated carbocycles. The van der Waals surface area contributed by atoms with Crippen LogP contribution < -0.4 is 5.32 Å². The van der Waals surface area contributed by atoms with Gasteiger partial charge in [-0.15, -0.1) is 0 Å². The predicted octanol–water partition coefficient (Wildman–Crippen LogP) is 1.49. The van der Waals surface area contributed by atoms with E-state index in [9.17, 15) is 5.11 Å². The quantitative estimate of drug-likeness (QED) is 0.667. The zero-order valence-corrected chi connectivity index (χ0v) is 9.37. The highest BCUT2D eigenvalue weighted by molar-refractivity contribution is 7.99. The SMILES string of the molecule is CCC(C)(O)CNCC(C)SC. The molecule has 0 saturated heterocycles. The van der Waals surface area contributed by atoms with Crippen molar-refractivity contribution < 1.29 is 5.11 Å². The van der Waals surface area contributed by atoms with Crippen molar-refractivity contribution in [2.75, 3.05) is 19.3 Å². The van der Waals surface area contributed by atoms with E-state index in [1.807, 2.05) is 25.6 Å². The minimum atomic E-state index is -0.544. The third kappa shape index (κ3) is 5.86. The summed E-state index contributed by atoms with van der Waals surface area (Å²) in [4.78, 5) is 0. The van der Waals surface area contributed by atoms with Gasteiger partial charge in [-0.2, -0.15) is 11.8 Å². The van der Waals surface area contributed by atoms with Gasteiger partial charge in [0, 0.05) is 18.3 Å². The summed E-state index contributed by atoms with van der Waals surface area (Å²) in [5.41, 5.74) is -0.544. The van der Waals surface area contributed by atoms with Gasteiger partial charge in [-0.1, -0.05) is 13.8 Å². The molecule has 0 aliphatic rings. The number of rotatable bonds is 6. The van der Waals surface area contributed by atoms with Crippen molar-refractivity contribution in [3.63, 3.8) is 0 Å². The number of nitrogens with one attached hydrogen (secondary N) is 1. The largest absolute Gasteiger partial charge is 0.389 e. The lowest BCUT2D eigenvalue weighted by Crippen LogP contribution is -2.39. The van der Waals surface area contributed by atoms with Gasteiger partial charge in [-0.25, -0.2) is 0 Å². The molecule has 2 unspecified atom stereocenters. The molecule has 0 amide bonds. The Labute approximate surface area is 80.1 Å². The standard InChI is InChI=1S/C9H21NOS/c1-5-9(3,11)7-10-6-8(2)12-4/h8,10-11H,5-7H2,1-4H3. The van der Waals surface area contributed by atoms with E-state index in [1.54, 1.807) is 0 Å². The Morgan fingerprint density at radius 2 is 2.17 bits per heavy atom. The number of hydrogen-bond acceptors (Lipinski definition) is 3. The monoisotopic (exact) mass is 191 g/mol. The molecule has 2 N–H and O–H groups in total. The first-order chi connectivity index (χ1) is 5.52. The van der Waals surface area contributed by atoms with Gasteiger partial charge in [0.05, 0.1) is 5.60 Å². The van der Waals surface area contributed by atoms with E-state index in [0.717, 1.165) is 13.0 Å². The lowest BCUT2D eigenvalue weighted by Gasteiger charge is -2.22. The zero-order valence-electron chi connectivity index (χ0n) is 8.55. The fourth-order valence-electron chi connectivity index (χ4n) is 0.753. The van der Waals surface area contributed by atoms with Gasteiger partial charge < -0.3 is 10.4 Å². The molecule has 0 spiro atoms. The molecule has 2 atom stereocenters. The summed E-state index contributed by atoms with van der Waals surface area (Å²) in [5, 5.41) is 13.5. The summed E-state index contributed by atoms with van der Waals surface area (Å²) >= 11 is 1.84. The highest BCUT2D eigenvalue weighted by Crippen LogP contribution is 2.07. The molecular weight excluding hydrogens is 170 g/mol. The normalized spacial score (nSPS) is 18.8. The summed E-state index contributed by atoms with van der Waals surface area (Å²) in [5.74, 6) is 0. The second kappa shape index (κ2) is 5.84. The first-order valence-electron chi connectivity index (χ1n) is 4.47. The van der Waals surface area contributed by atoms with Crippen LogP contribution in [0, 0.1) is 0 Å². The highest BCUT2D eigenvalue weighted by atomic mass is 32.2. The van der Waals surface area contributed by atoms with Crippen LogP contribution in [0.2, 0.25) is 0 Å². The van der Waals surface area contributed by atoms with Gasteiger partial charge in [-0.05, 0) is 19.6 Å². The third-order valence-corrected chi connectivity index (χ3v) is 3.07. The van der Waals surface area contributed by atoms with Crippen LogP contribution in [0.15, 0.2) is 0 Å². The van der Waals surface area contributed by atoms with Crippen molar-refractivity contribution in [2.45, 2.75) is 38.0 Å². The average molecular weight is 191 g/mol. The molecule has 12 heavy (non-hydrogen) atoms. The Morgan fingerprint density at radius 1 is 1.58 bits per heavy atom. The summed E-state index contributed by atoms with van der Waals surface area (Å²) in [7, 11) is 0. The smallest absolute Gasteiger partial charge is 0.0740 e. The summed E-state index contributed by atoms with van der Waals surface area (Å²) < 4.78 is 0. The molecule has 0 heterocycles. The Kier molecular flexibility index (Phi) is 5.97. The molecule has 0 aromatic carbocycles. The van der Waals surface area contributed by atoms with Crippen molar-refractivity contribution in [3.8, 4) is 0 Å². The Balaban J connectivity index is 3.42. The van der Waals surface area contributed by atoms with E-state index in [1.165, 1.54) is 0 Å². The second-order valence-corrected chi connectivity index (χ2v) is 4.80. The highest BCUT2D eigenvalue weighted by Gasteiger charge is 2.16. The molecule has 2 nitrogen and oxygen atoms in total. The molecule has 0 aliphatic heterocycles. The van der Waals surface area contributed by atoms with Gasteiger partial charge in [0.25, 0.3) is 0 Å². The van der Waals surface area contributed by atoms with E-state index in [0.29, 0.717) is 11.8 Å². The Hall–Kier alpha value is 0.270. The number of aliphatic hydroxyl groups is 1. The van der Waals surface area contributed by atoms with E-state index >= 15 is 0 Å². The average Bonchev–Trinajstić information content (AvgIpc) is 2.04. The van der Waals surface area contributed by atoms with Crippen LogP contribution in [0.3, 0.4) is 0 Å². The fraction of sp³-hybridized carbons (Fsp3) is 1.00. The lowest BCUT2D eigenvalue weighted by molar-refractivity contribution is 0.0562. The van der Waals surface area contributed by atoms with Crippen molar-refractivity contribution >= 4 is 11.8 Å². The van der Waals surface area contributed by atoms with Crippen LogP contribution >= 0.6 is 11.8 Å². The molecule has 3 heteroatoms. The summed E-state index contributed by atoms with van der Waals surface area (Å²) in [6, 6.07) is 0. The van der Waals surface area contributed by atoms with E-state index in [-0.39, 0.29) is 0 Å². The first-order valence-corrected chi connectivity index (χ1v) is 5.76. The fourth-order valence-corrected chi connectivity index (χ4v) is 1.04. The van der Waals surface area contributed by atoms with Crippen LogP contribution in [0.5, 0.6) is 0 Å². The van der Waals surface area contributed by atoms with Crippen LogP contribution in [-0.2, 0) is 0 Å². The lowest BCUT2D eigenvalue weighted by atomic mass is 10.0. The minimum Gasteiger partial charge on any atom is -0.389 e. The van der Waals surface area contributed by atoms with Crippen LogP contribution in [0.4, 0.5) is 0 Å². The topological polar surface area (TPSA) is 32.3 Å². The van der Waals surface area contributed by atoms with Gasteiger partial charge in [-0.3, -0.25) is 0 Å². The van der Waals surface area contributed by atoms with Crippen LogP contribution in [0.25, 0.3) is 0 Å². The Bertz CT molecular complexity index is 117. The molecule has 0 bridgehead atoms. The molecular formula is C9H21NOS. The summed E-state index contributed by atoms with van der Waals surface area (Å²) in [6.07, 6.45) is 2.90. The van der Waals surface area contributed by atoms with Crippen molar-refractivity contribution in [1.82, 2.24) is 5.32 Å². The Morgan fingerprint density at radius 3 is 2.58 bits per heavy atom. The maximum Gasteiger partial charge on any atom is 0.0740 e. The van der Waals surface area contributed by atoms with Crippen LogP contribution in [-0.4, -0.2) is 35.3 Å². The van der Waals surface area contributed by atoms with Gasteiger partial charge in [0.15, 0.2) is 0 Å². The first kappa shape index (κ1) is 12.3. The van der Waals surface area contributed by atoms with Gasteiger partial charge >= 0.3 is 0 Å². The van der Waals surface area contributed by atoms with Gasteiger partial charge in [0.2, 0.25) is 0 Å². The van der Waals surface area contributed by atoms with Crippen molar-refractivity contribution in [3.05, 3.63) is 0 Å². The molecule has 0 aliphatic carbocycles. The minimum absolute atomic E-state index is 0.544. The zero-order chi connectivity index (χ0) is 9.61. The number of thioether (sulfide) groups is 1. The molecule has 0 radical (unpaired) electrons. The maximum absolute atomic E-state index is 9.64.